The van der Waals surface area contributed by atoms with Crippen LogP contribution in [-0.2, 0) is 33.1 Å². The third kappa shape index (κ3) is 5.10. The van der Waals surface area contributed by atoms with Crippen molar-refractivity contribution in [2.24, 2.45) is 0 Å². The normalized spacial score (nSPS) is 16.6. The summed E-state index contributed by atoms with van der Waals surface area (Å²) in [4.78, 5) is 17.7. The molecule has 196 valence electrons. The summed E-state index contributed by atoms with van der Waals surface area (Å²) < 4.78 is 33.4. The van der Waals surface area contributed by atoms with Crippen LogP contribution in [0.25, 0.3) is 11.1 Å². The Morgan fingerprint density at radius 1 is 0.947 bits per heavy atom. The van der Waals surface area contributed by atoms with Gasteiger partial charge in [0.1, 0.15) is 11.3 Å². The van der Waals surface area contributed by atoms with E-state index < -0.39 is 15.4 Å². The molecule has 0 radical (unpaired) electrons. The molecular formula is C28H23Cl3N2O4S. The van der Waals surface area contributed by atoms with Crippen LogP contribution in [0.2, 0.25) is 15.1 Å². The molecule has 1 heterocycles. The summed E-state index contributed by atoms with van der Waals surface area (Å²) in [6.07, 6.45) is 3.66. The lowest BCUT2D eigenvalue weighted by atomic mass is 9.93. The van der Waals surface area contributed by atoms with Crippen LogP contribution in [0.5, 0.6) is 0 Å². The van der Waals surface area contributed by atoms with Crippen LogP contribution in [0.15, 0.2) is 63.9 Å². The second-order valence-corrected chi connectivity index (χ2v) is 13.0. The molecule has 0 saturated heterocycles. The first kappa shape index (κ1) is 25.8. The Balaban J connectivity index is 1.17. The Labute approximate surface area is 235 Å². The maximum absolute atomic E-state index is 12.8. The lowest BCUT2D eigenvalue weighted by Gasteiger charge is -2.17. The highest BCUT2D eigenvalue weighted by molar-refractivity contribution is 7.89. The molecule has 0 atom stereocenters. The molecule has 38 heavy (non-hydrogen) atoms. The first-order chi connectivity index (χ1) is 18.1. The van der Waals surface area contributed by atoms with E-state index in [-0.39, 0.29) is 29.6 Å². The predicted molar refractivity (Wildman–Crippen MR) is 148 cm³/mol. The average Bonchev–Trinajstić information content (AvgIpc) is 3.77. The van der Waals surface area contributed by atoms with Gasteiger partial charge in [0.15, 0.2) is 5.58 Å². The number of benzene rings is 3. The van der Waals surface area contributed by atoms with Crippen LogP contribution in [0.3, 0.4) is 0 Å². The highest BCUT2D eigenvalue weighted by Crippen LogP contribution is 2.57. The van der Waals surface area contributed by atoms with Crippen LogP contribution >= 0.6 is 34.8 Å². The van der Waals surface area contributed by atoms with E-state index >= 15 is 0 Å². The van der Waals surface area contributed by atoms with Crippen molar-refractivity contribution >= 4 is 61.7 Å². The number of Topliss-reactive ketones (excluding diaryl/α,β-unsaturated/α-hetero) is 1. The van der Waals surface area contributed by atoms with E-state index in [1.807, 2.05) is 6.07 Å². The zero-order chi connectivity index (χ0) is 26.7. The minimum atomic E-state index is -3.52. The molecule has 0 amide bonds. The quantitative estimate of drug-likeness (QED) is 0.236. The molecule has 2 aliphatic carbocycles. The summed E-state index contributed by atoms with van der Waals surface area (Å²) >= 11 is 19.6. The zero-order valence-corrected chi connectivity index (χ0v) is 23.2. The molecule has 2 fully saturated rings. The lowest BCUT2D eigenvalue weighted by molar-refractivity contribution is -0.117. The number of aromatic nitrogens is 1. The third-order valence-corrected chi connectivity index (χ3v) is 9.39. The van der Waals surface area contributed by atoms with E-state index in [0.29, 0.717) is 32.1 Å². The summed E-state index contributed by atoms with van der Waals surface area (Å²) in [5.74, 6) is 0.522. The first-order valence-electron chi connectivity index (χ1n) is 12.3. The molecule has 2 aliphatic rings. The number of oxazole rings is 1. The Kier molecular flexibility index (Phi) is 6.56. The van der Waals surface area contributed by atoms with Gasteiger partial charge in [-0.3, -0.25) is 4.79 Å². The Morgan fingerprint density at radius 3 is 2.24 bits per heavy atom. The van der Waals surface area contributed by atoms with Crippen molar-refractivity contribution in [1.29, 1.82) is 0 Å². The number of halogens is 3. The Morgan fingerprint density at radius 2 is 1.61 bits per heavy atom. The summed E-state index contributed by atoms with van der Waals surface area (Å²) in [5.41, 5.74) is 3.03. The van der Waals surface area contributed by atoms with Crippen LogP contribution < -0.4 is 4.72 Å². The van der Waals surface area contributed by atoms with Gasteiger partial charge in [0.05, 0.1) is 10.3 Å². The molecule has 2 saturated carbocycles. The van der Waals surface area contributed by atoms with Crippen molar-refractivity contribution in [1.82, 2.24) is 9.71 Å². The van der Waals surface area contributed by atoms with Crippen molar-refractivity contribution in [2.45, 2.75) is 54.9 Å². The number of carbonyl (C=O) groups is 1. The third-order valence-electron chi connectivity index (χ3n) is 7.03. The summed E-state index contributed by atoms with van der Waals surface area (Å²) in [5, 5.41) is 1.51. The van der Waals surface area contributed by atoms with Crippen LogP contribution in [0, 0.1) is 0 Å². The maximum atomic E-state index is 12.8. The summed E-state index contributed by atoms with van der Waals surface area (Å²) in [6, 6.07) is 15.3. The van der Waals surface area contributed by atoms with Gasteiger partial charge in [0.2, 0.25) is 15.9 Å². The number of carbonyl (C=O) groups excluding carboxylic acids is 1. The molecule has 1 aromatic heterocycles. The molecule has 3 aromatic carbocycles. The predicted octanol–water partition coefficient (Wildman–Crippen LogP) is 6.66. The van der Waals surface area contributed by atoms with Crippen molar-refractivity contribution in [3.8, 4) is 0 Å². The second-order valence-electron chi connectivity index (χ2n) is 10.1. The fraction of sp³-hybridized carbons (Fsp3) is 0.286. The van der Waals surface area contributed by atoms with Gasteiger partial charge in [0, 0.05) is 45.6 Å². The molecule has 1 N–H and O–H groups in total. The minimum Gasteiger partial charge on any atom is -0.440 e. The standard InChI is InChI=1S/C28H23Cl3N2O4S/c29-18-3-8-24-25(15-18)37-27(32-24)28(9-10-28)26-22(30)13-17(14-23(26)31)12-20(34)11-16-1-6-21(7-2-16)38(35,36)33-19-4-5-19/h1-3,6-8,13-15,19,33H,4-5,9-12H2. The molecule has 6 rings (SSSR count). The monoisotopic (exact) mass is 588 g/mol. The second kappa shape index (κ2) is 9.65. The van der Waals surface area contributed by atoms with Gasteiger partial charge in [-0.2, -0.15) is 0 Å². The number of fused-ring (bicyclic) bond motifs is 1. The largest absolute Gasteiger partial charge is 0.440 e. The molecule has 0 unspecified atom stereocenters. The number of hydrogen-bond acceptors (Lipinski definition) is 5. The molecule has 0 bridgehead atoms. The molecular weight excluding hydrogens is 567 g/mol. The van der Waals surface area contributed by atoms with Gasteiger partial charge in [-0.25, -0.2) is 18.1 Å². The SMILES string of the molecule is O=C(Cc1ccc(S(=O)(=O)NC2CC2)cc1)Cc1cc(Cl)c(C2(c3nc4ccc(Cl)cc4o3)CC2)c(Cl)c1. The fourth-order valence-corrected chi connectivity index (χ4v) is 7.14. The Hall–Kier alpha value is -2.42. The lowest BCUT2D eigenvalue weighted by Crippen LogP contribution is -2.25. The van der Waals surface area contributed by atoms with Gasteiger partial charge in [-0.1, -0.05) is 46.9 Å². The average molecular weight is 590 g/mol. The van der Waals surface area contributed by atoms with Crippen LogP contribution in [-0.4, -0.2) is 25.2 Å². The number of sulfonamides is 1. The first-order valence-corrected chi connectivity index (χ1v) is 14.9. The van der Waals surface area contributed by atoms with E-state index in [1.54, 1.807) is 36.4 Å². The van der Waals surface area contributed by atoms with E-state index in [1.165, 1.54) is 12.1 Å². The molecule has 0 aliphatic heterocycles. The van der Waals surface area contributed by atoms with Crippen LogP contribution in [0.1, 0.15) is 48.3 Å². The fourth-order valence-electron chi connectivity index (χ4n) is 4.78. The van der Waals surface area contributed by atoms with Gasteiger partial charge < -0.3 is 4.42 Å². The highest BCUT2D eigenvalue weighted by Gasteiger charge is 2.52. The van der Waals surface area contributed by atoms with E-state index in [2.05, 4.69) is 9.71 Å². The smallest absolute Gasteiger partial charge is 0.240 e. The molecule has 6 nitrogen and oxygen atoms in total. The molecule has 4 aromatic rings. The number of nitrogens with zero attached hydrogens (tertiary/aromatic N) is 1. The van der Waals surface area contributed by atoms with Gasteiger partial charge in [-0.05, 0) is 73.2 Å². The number of nitrogens with one attached hydrogen (secondary N) is 1. The maximum Gasteiger partial charge on any atom is 0.240 e. The highest BCUT2D eigenvalue weighted by atomic mass is 35.5. The Bertz CT molecular complexity index is 1650. The van der Waals surface area contributed by atoms with Crippen molar-refractivity contribution in [2.75, 3.05) is 0 Å². The topological polar surface area (TPSA) is 89.3 Å². The summed E-state index contributed by atoms with van der Waals surface area (Å²) in [7, 11) is -3.52. The minimum absolute atomic E-state index is 0.0337. The molecule has 0 spiro atoms. The number of hydrogen-bond donors (Lipinski definition) is 1. The van der Waals surface area contributed by atoms with E-state index in [9.17, 15) is 13.2 Å². The zero-order valence-electron chi connectivity index (χ0n) is 20.1. The van der Waals surface area contributed by atoms with Crippen molar-refractivity contribution in [3.05, 3.63) is 92.2 Å². The van der Waals surface area contributed by atoms with Gasteiger partial charge in [0.25, 0.3) is 0 Å². The number of ketones is 1. The molecule has 10 heteroatoms. The van der Waals surface area contributed by atoms with E-state index in [4.69, 9.17) is 39.2 Å². The number of rotatable bonds is 9. The van der Waals surface area contributed by atoms with Gasteiger partial charge >= 0.3 is 0 Å². The van der Waals surface area contributed by atoms with Crippen molar-refractivity contribution in [3.63, 3.8) is 0 Å². The summed E-state index contributed by atoms with van der Waals surface area (Å²) in [6.45, 7) is 0. The van der Waals surface area contributed by atoms with Crippen LogP contribution in [0.4, 0.5) is 0 Å². The van der Waals surface area contributed by atoms with Crippen molar-refractivity contribution < 1.29 is 17.6 Å². The van der Waals surface area contributed by atoms with E-state index in [0.717, 1.165) is 42.3 Å². The van der Waals surface area contributed by atoms with Gasteiger partial charge in [-0.15, -0.1) is 0 Å².